The number of pyridine rings is 1. The minimum Gasteiger partial charge on any atom is -0.334 e. The molecule has 1 atom stereocenters. The van der Waals surface area contributed by atoms with Crippen molar-refractivity contribution in [3.05, 3.63) is 72.4 Å². The van der Waals surface area contributed by atoms with Crippen LogP contribution in [0.2, 0.25) is 0 Å². The van der Waals surface area contributed by atoms with E-state index in [1.54, 1.807) is 0 Å². The Morgan fingerprint density at radius 1 is 1.04 bits per heavy atom. The lowest BCUT2D eigenvalue weighted by Crippen LogP contribution is -2.10. The molecule has 24 heavy (non-hydrogen) atoms. The number of rotatable bonds is 7. The number of imidazole rings is 1. The topological polar surface area (TPSA) is 30.7 Å². The normalized spacial score (nSPS) is 12.2. The van der Waals surface area contributed by atoms with Gasteiger partial charge in [0.1, 0.15) is 0 Å². The maximum atomic E-state index is 4.72. The van der Waals surface area contributed by atoms with Crippen LogP contribution < -0.4 is 0 Å². The van der Waals surface area contributed by atoms with Crippen molar-refractivity contribution in [1.82, 2.24) is 14.5 Å². The Labute approximate surface area is 148 Å². The second-order valence-corrected chi connectivity index (χ2v) is 7.20. The Kier molecular flexibility index (Phi) is 5.70. The predicted octanol–water partition coefficient (Wildman–Crippen LogP) is 4.48. The van der Waals surface area contributed by atoms with Gasteiger partial charge in [0.2, 0.25) is 0 Å². The number of benzene rings is 1. The van der Waals surface area contributed by atoms with Crippen LogP contribution in [0.3, 0.4) is 0 Å². The summed E-state index contributed by atoms with van der Waals surface area (Å²) in [6.45, 7) is 3.18. The van der Waals surface area contributed by atoms with Gasteiger partial charge < -0.3 is 4.57 Å². The standard InChI is InChI=1S/C20H23N3S/c1-16(24-2)14-19-20(17-8-4-3-5-9-17)22-15-23(19)13-11-18-10-6-7-12-21-18/h3-10,12,15-16H,11,13-14H2,1-2H3. The summed E-state index contributed by atoms with van der Waals surface area (Å²) < 4.78 is 2.30. The van der Waals surface area contributed by atoms with Gasteiger partial charge >= 0.3 is 0 Å². The first-order valence-electron chi connectivity index (χ1n) is 8.30. The summed E-state index contributed by atoms with van der Waals surface area (Å²) in [7, 11) is 0. The van der Waals surface area contributed by atoms with Crippen molar-refractivity contribution in [1.29, 1.82) is 0 Å². The fourth-order valence-corrected chi connectivity index (χ4v) is 3.11. The molecular weight excluding hydrogens is 314 g/mol. The third-order valence-electron chi connectivity index (χ3n) is 4.21. The van der Waals surface area contributed by atoms with Gasteiger partial charge in [-0.15, -0.1) is 0 Å². The van der Waals surface area contributed by atoms with Gasteiger partial charge in [-0.25, -0.2) is 4.98 Å². The molecule has 0 aliphatic heterocycles. The number of nitrogens with zero attached hydrogens (tertiary/aromatic N) is 3. The van der Waals surface area contributed by atoms with Crippen molar-refractivity contribution in [3.63, 3.8) is 0 Å². The molecule has 4 heteroatoms. The molecule has 0 N–H and O–H groups in total. The maximum absolute atomic E-state index is 4.72. The van der Waals surface area contributed by atoms with Gasteiger partial charge in [0.15, 0.2) is 0 Å². The molecule has 0 radical (unpaired) electrons. The number of aryl methyl sites for hydroxylation is 2. The smallest absolute Gasteiger partial charge is 0.0956 e. The van der Waals surface area contributed by atoms with Crippen molar-refractivity contribution >= 4 is 11.8 Å². The fourth-order valence-electron chi connectivity index (χ4n) is 2.79. The highest BCUT2D eigenvalue weighted by molar-refractivity contribution is 7.99. The molecule has 0 saturated heterocycles. The van der Waals surface area contributed by atoms with E-state index < -0.39 is 0 Å². The van der Waals surface area contributed by atoms with E-state index in [9.17, 15) is 0 Å². The third-order valence-corrected chi connectivity index (χ3v) is 5.18. The van der Waals surface area contributed by atoms with Gasteiger partial charge in [-0.3, -0.25) is 4.98 Å². The zero-order chi connectivity index (χ0) is 16.8. The monoisotopic (exact) mass is 337 g/mol. The van der Waals surface area contributed by atoms with E-state index in [1.807, 2.05) is 42.5 Å². The average molecular weight is 337 g/mol. The molecule has 124 valence electrons. The molecule has 0 spiro atoms. The summed E-state index contributed by atoms with van der Waals surface area (Å²) in [6.07, 6.45) is 7.95. The third kappa shape index (κ3) is 4.06. The van der Waals surface area contributed by atoms with Crippen LogP contribution >= 0.6 is 11.8 Å². The number of hydrogen-bond donors (Lipinski definition) is 0. The Balaban J connectivity index is 1.86. The van der Waals surface area contributed by atoms with E-state index in [4.69, 9.17) is 4.98 Å². The molecule has 2 aromatic heterocycles. The quantitative estimate of drug-likeness (QED) is 0.637. The van der Waals surface area contributed by atoms with E-state index in [0.29, 0.717) is 5.25 Å². The second-order valence-electron chi connectivity index (χ2n) is 5.92. The van der Waals surface area contributed by atoms with E-state index in [-0.39, 0.29) is 0 Å². The van der Waals surface area contributed by atoms with Gasteiger partial charge in [-0.05, 0) is 18.4 Å². The Bertz CT molecular complexity index is 753. The van der Waals surface area contributed by atoms with Gasteiger partial charge in [-0.2, -0.15) is 11.8 Å². The predicted molar refractivity (Wildman–Crippen MR) is 102 cm³/mol. The van der Waals surface area contributed by atoms with E-state index in [1.165, 1.54) is 11.3 Å². The minimum atomic E-state index is 0.567. The molecular formula is C20H23N3S. The summed E-state index contributed by atoms with van der Waals surface area (Å²) in [5.41, 5.74) is 4.74. The highest BCUT2D eigenvalue weighted by Gasteiger charge is 2.15. The minimum absolute atomic E-state index is 0.567. The molecule has 1 aromatic carbocycles. The summed E-state index contributed by atoms with van der Waals surface area (Å²) in [4.78, 5) is 9.15. The van der Waals surface area contributed by atoms with Crippen molar-refractivity contribution in [2.45, 2.75) is 31.6 Å². The Morgan fingerprint density at radius 2 is 1.83 bits per heavy atom. The van der Waals surface area contributed by atoms with Crippen LogP contribution in [0.15, 0.2) is 61.1 Å². The van der Waals surface area contributed by atoms with Crippen LogP contribution in [-0.4, -0.2) is 26.0 Å². The van der Waals surface area contributed by atoms with Crippen molar-refractivity contribution < 1.29 is 0 Å². The summed E-state index contributed by atoms with van der Waals surface area (Å²) in [5.74, 6) is 0. The van der Waals surface area contributed by atoms with Crippen molar-refractivity contribution in [2.24, 2.45) is 0 Å². The molecule has 0 aliphatic rings. The van der Waals surface area contributed by atoms with Crippen LogP contribution in [0.5, 0.6) is 0 Å². The molecule has 3 rings (SSSR count). The first-order chi connectivity index (χ1) is 11.8. The summed E-state index contributed by atoms with van der Waals surface area (Å²) in [5, 5.41) is 0.567. The number of aromatic nitrogens is 3. The molecule has 1 unspecified atom stereocenters. The number of hydrogen-bond acceptors (Lipinski definition) is 3. The number of thioether (sulfide) groups is 1. The van der Waals surface area contributed by atoms with Gasteiger partial charge in [0, 0.05) is 47.8 Å². The average Bonchev–Trinajstić information content (AvgIpc) is 3.04. The van der Waals surface area contributed by atoms with Crippen molar-refractivity contribution in [2.75, 3.05) is 6.26 Å². The van der Waals surface area contributed by atoms with E-state index >= 15 is 0 Å². The van der Waals surface area contributed by atoms with Gasteiger partial charge in [0.25, 0.3) is 0 Å². The van der Waals surface area contributed by atoms with Gasteiger partial charge in [-0.1, -0.05) is 43.3 Å². The van der Waals surface area contributed by atoms with E-state index in [2.05, 4.69) is 53.1 Å². The SMILES string of the molecule is CSC(C)Cc1c(-c2ccccc2)ncn1CCc1ccccn1. The lowest BCUT2D eigenvalue weighted by atomic mass is 10.1. The molecule has 0 aliphatic carbocycles. The van der Waals surface area contributed by atoms with Crippen LogP contribution in [0.4, 0.5) is 0 Å². The molecule has 0 saturated carbocycles. The first kappa shape index (κ1) is 16.8. The summed E-state index contributed by atoms with van der Waals surface area (Å²) >= 11 is 1.90. The van der Waals surface area contributed by atoms with Gasteiger partial charge in [0.05, 0.1) is 12.0 Å². The highest BCUT2D eigenvalue weighted by atomic mass is 32.2. The fraction of sp³-hybridized carbons (Fsp3) is 0.300. The first-order valence-corrected chi connectivity index (χ1v) is 9.59. The largest absolute Gasteiger partial charge is 0.334 e. The van der Waals surface area contributed by atoms with Crippen LogP contribution in [0.25, 0.3) is 11.3 Å². The Morgan fingerprint density at radius 3 is 2.54 bits per heavy atom. The molecule has 2 heterocycles. The highest BCUT2D eigenvalue weighted by Crippen LogP contribution is 2.25. The molecule has 0 fully saturated rings. The lowest BCUT2D eigenvalue weighted by molar-refractivity contribution is 0.648. The molecule has 3 nitrogen and oxygen atoms in total. The zero-order valence-corrected chi connectivity index (χ0v) is 15.0. The van der Waals surface area contributed by atoms with Crippen LogP contribution in [-0.2, 0) is 19.4 Å². The molecule has 0 amide bonds. The Hall–Kier alpha value is -2.07. The lowest BCUT2D eigenvalue weighted by Gasteiger charge is -2.13. The summed E-state index contributed by atoms with van der Waals surface area (Å²) in [6, 6.07) is 16.6. The maximum Gasteiger partial charge on any atom is 0.0956 e. The second kappa shape index (κ2) is 8.15. The molecule has 0 bridgehead atoms. The van der Waals surface area contributed by atoms with Crippen LogP contribution in [0.1, 0.15) is 18.3 Å². The van der Waals surface area contributed by atoms with E-state index in [0.717, 1.165) is 30.8 Å². The zero-order valence-electron chi connectivity index (χ0n) is 14.2. The van der Waals surface area contributed by atoms with Crippen LogP contribution in [0, 0.1) is 0 Å². The molecule has 3 aromatic rings. The van der Waals surface area contributed by atoms with Crippen molar-refractivity contribution in [3.8, 4) is 11.3 Å².